The highest BCUT2D eigenvalue weighted by molar-refractivity contribution is 6.21. The molecule has 0 heterocycles. The third-order valence-electron chi connectivity index (χ3n) is 2.05. The molecule has 0 spiro atoms. The van der Waals surface area contributed by atoms with Crippen LogP contribution in [0.2, 0.25) is 0 Å². The van der Waals surface area contributed by atoms with Crippen molar-refractivity contribution in [3.8, 4) is 5.75 Å². The molecular formula is C11H10O5. The molecule has 0 amide bonds. The predicted molar refractivity (Wildman–Crippen MR) is 54.2 cm³/mol. The standard InChI is InChI=1S/C11H10O5/c1-6(12)9(11(15)16)10(14)7-3-2-4-8(13)5-7/h2-5,9,13H,1H3,(H,15,16). The molecule has 0 saturated heterocycles. The van der Waals surface area contributed by atoms with Crippen molar-refractivity contribution in [2.24, 2.45) is 5.92 Å². The number of Topliss-reactive ketones (excluding diaryl/α,β-unsaturated/α-hetero) is 2. The molecule has 0 radical (unpaired) electrons. The molecule has 1 unspecified atom stereocenters. The zero-order chi connectivity index (χ0) is 12.3. The van der Waals surface area contributed by atoms with Crippen LogP contribution in [0.25, 0.3) is 0 Å². The van der Waals surface area contributed by atoms with Crippen LogP contribution in [0.15, 0.2) is 24.3 Å². The van der Waals surface area contributed by atoms with E-state index in [2.05, 4.69) is 0 Å². The van der Waals surface area contributed by atoms with Crippen LogP contribution in [0, 0.1) is 5.92 Å². The Balaban J connectivity index is 3.09. The Hall–Kier alpha value is -2.17. The average molecular weight is 222 g/mol. The number of carboxylic acid groups (broad SMARTS) is 1. The van der Waals surface area contributed by atoms with Gasteiger partial charge in [0, 0.05) is 5.56 Å². The number of hydrogen-bond acceptors (Lipinski definition) is 4. The number of carboxylic acids is 1. The summed E-state index contributed by atoms with van der Waals surface area (Å²) in [7, 11) is 0. The van der Waals surface area contributed by atoms with Gasteiger partial charge in [-0.05, 0) is 19.1 Å². The molecule has 5 nitrogen and oxygen atoms in total. The number of aliphatic carboxylic acids is 1. The summed E-state index contributed by atoms with van der Waals surface area (Å²) in [5.41, 5.74) is 0.00241. The molecule has 0 aliphatic rings. The maximum absolute atomic E-state index is 11.7. The molecular weight excluding hydrogens is 212 g/mol. The first-order valence-electron chi connectivity index (χ1n) is 4.50. The van der Waals surface area contributed by atoms with E-state index in [0.717, 1.165) is 13.0 Å². The van der Waals surface area contributed by atoms with Crippen molar-refractivity contribution >= 4 is 17.5 Å². The van der Waals surface area contributed by atoms with Gasteiger partial charge in [-0.15, -0.1) is 0 Å². The lowest BCUT2D eigenvalue weighted by Crippen LogP contribution is -2.30. The van der Waals surface area contributed by atoms with Gasteiger partial charge in [0.1, 0.15) is 5.75 Å². The van der Waals surface area contributed by atoms with Gasteiger partial charge in [-0.1, -0.05) is 12.1 Å². The lowest BCUT2D eigenvalue weighted by molar-refractivity contribution is -0.143. The summed E-state index contributed by atoms with van der Waals surface area (Å²) >= 11 is 0. The number of rotatable bonds is 4. The molecule has 2 N–H and O–H groups in total. The predicted octanol–water partition coefficient (Wildman–Crippen LogP) is 0.865. The fourth-order valence-electron chi connectivity index (χ4n) is 1.30. The Labute approximate surface area is 91.3 Å². The Bertz CT molecular complexity index is 435. The summed E-state index contributed by atoms with van der Waals surface area (Å²) in [5.74, 6) is -4.90. The summed E-state index contributed by atoms with van der Waals surface area (Å²) in [6.45, 7) is 1.04. The van der Waals surface area contributed by atoms with Gasteiger partial charge in [-0.3, -0.25) is 14.4 Å². The number of carbonyl (C=O) groups is 3. The first-order chi connectivity index (χ1) is 7.43. The largest absolute Gasteiger partial charge is 0.508 e. The molecule has 0 aliphatic carbocycles. The number of benzene rings is 1. The molecule has 0 aliphatic heterocycles. The smallest absolute Gasteiger partial charge is 0.322 e. The fraction of sp³-hybridized carbons (Fsp3) is 0.182. The van der Waals surface area contributed by atoms with Gasteiger partial charge in [-0.2, -0.15) is 0 Å². The second-order valence-corrected chi connectivity index (χ2v) is 3.30. The summed E-state index contributed by atoms with van der Waals surface area (Å²) in [5, 5.41) is 17.9. The van der Waals surface area contributed by atoms with Crippen LogP contribution < -0.4 is 0 Å². The van der Waals surface area contributed by atoms with Crippen molar-refractivity contribution in [3.63, 3.8) is 0 Å². The average Bonchev–Trinajstić information content (AvgIpc) is 2.16. The van der Waals surface area contributed by atoms with Crippen LogP contribution in [-0.2, 0) is 9.59 Å². The quantitative estimate of drug-likeness (QED) is 0.582. The number of carbonyl (C=O) groups excluding carboxylic acids is 2. The lowest BCUT2D eigenvalue weighted by Gasteiger charge is -2.07. The Kier molecular flexibility index (Phi) is 3.40. The molecule has 1 rings (SSSR count). The zero-order valence-corrected chi connectivity index (χ0v) is 8.51. The van der Waals surface area contributed by atoms with Crippen LogP contribution in [0.4, 0.5) is 0 Å². The van der Waals surface area contributed by atoms with Crippen LogP contribution in [0.3, 0.4) is 0 Å². The third-order valence-corrected chi connectivity index (χ3v) is 2.05. The van der Waals surface area contributed by atoms with Crippen LogP contribution >= 0.6 is 0 Å². The second kappa shape index (κ2) is 4.57. The van der Waals surface area contributed by atoms with E-state index in [-0.39, 0.29) is 11.3 Å². The molecule has 0 fully saturated rings. The summed E-state index contributed by atoms with van der Waals surface area (Å²) in [6.07, 6.45) is 0. The minimum Gasteiger partial charge on any atom is -0.508 e. The van der Waals surface area contributed by atoms with Gasteiger partial charge < -0.3 is 10.2 Å². The van der Waals surface area contributed by atoms with E-state index in [1.165, 1.54) is 18.2 Å². The first kappa shape index (κ1) is 11.9. The Morgan fingerprint density at radius 1 is 1.25 bits per heavy atom. The molecule has 1 aromatic carbocycles. The number of aromatic hydroxyl groups is 1. The maximum atomic E-state index is 11.7. The fourth-order valence-corrected chi connectivity index (χ4v) is 1.30. The van der Waals surface area contributed by atoms with Gasteiger partial charge in [0.2, 0.25) is 0 Å². The van der Waals surface area contributed by atoms with Gasteiger partial charge in [-0.25, -0.2) is 0 Å². The zero-order valence-electron chi connectivity index (χ0n) is 8.51. The minimum atomic E-state index is -1.71. The van der Waals surface area contributed by atoms with Gasteiger partial charge >= 0.3 is 5.97 Å². The second-order valence-electron chi connectivity index (χ2n) is 3.30. The highest BCUT2D eigenvalue weighted by atomic mass is 16.4. The molecule has 16 heavy (non-hydrogen) atoms. The van der Waals surface area contributed by atoms with E-state index in [1.807, 2.05) is 0 Å². The van der Waals surface area contributed by atoms with E-state index in [9.17, 15) is 14.4 Å². The van der Waals surface area contributed by atoms with E-state index in [1.54, 1.807) is 0 Å². The monoisotopic (exact) mass is 222 g/mol. The Morgan fingerprint density at radius 3 is 2.31 bits per heavy atom. The van der Waals surface area contributed by atoms with Crippen molar-refractivity contribution in [2.45, 2.75) is 6.92 Å². The molecule has 0 aromatic heterocycles. The number of phenols is 1. The molecule has 1 aromatic rings. The Morgan fingerprint density at radius 2 is 1.88 bits per heavy atom. The molecule has 0 bridgehead atoms. The van der Waals surface area contributed by atoms with Crippen molar-refractivity contribution < 1.29 is 24.6 Å². The van der Waals surface area contributed by atoms with E-state index < -0.39 is 23.5 Å². The molecule has 84 valence electrons. The number of hydrogen-bond donors (Lipinski definition) is 2. The highest BCUT2D eigenvalue weighted by Gasteiger charge is 2.31. The SMILES string of the molecule is CC(=O)C(C(=O)O)C(=O)c1cccc(O)c1. The molecule has 0 saturated carbocycles. The summed E-state index contributed by atoms with van der Waals surface area (Å²) < 4.78 is 0. The van der Waals surface area contributed by atoms with Gasteiger partial charge in [0.15, 0.2) is 17.5 Å². The highest BCUT2D eigenvalue weighted by Crippen LogP contribution is 2.16. The first-order valence-corrected chi connectivity index (χ1v) is 4.50. The van der Waals surface area contributed by atoms with Crippen molar-refractivity contribution in [3.05, 3.63) is 29.8 Å². The van der Waals surface area contributed by atoms with Crippen LogP contribution in [0.1, 0.15) is 17.3 Å². The van der Waals surface area contributed by atoms with E-state index in [0.29, 0.717) is 0 Å². The third kappa shape index (κ3) is 2.44. The maximum Gasteiger partial charge on any atom is 0.322 e. The van der Waals surface area contributed by atoms with E-state index in [4.69, 9.17) is 10.2 Å². The summed E-state index contributed by atoms with van der Waals surface area (Å²) in [6, 6.07) is 5.23. The lowest BCUT2D eigenvalue weighted by atomic mass is 9.94. The van der Waals surface area contributed by atoms with Gasteiger partial charge in [0.25, 0.3) is 0 Å². The van der Waals surface area contributed by atoms with Gasteiger partial charge in [0.05, 0.1) is 0 Å². The van der Waals surface area contributed by atoms with Crippen LogP contribution in [-0.4, -0.2) is 27.7 Å². The van der Waals surface area contributed by atoms with E-state index >= 15 is 0 Å². The minimum absolute atomic E-state index is 0.00241. The summed E-state index contributed by atoms with van der Waals surface area (Å²) in [4.78, 5) is 33.4. The molecule has 5 heteroatoms. The van der Waals surface area contributed by atoms with Crippen molar-refractivity contribution in [1.29, 1.82) is 0 Å². The number of ketones is 2. The van der Waals surface area contributed by atoms with Crippen LogP contribution in [0.5, 0.6) is 5.75 Å². The van der Waals surface area contributed by atoms with Crippen molar-refractivity contribution in [1.82, 2.24) is 0 Å². The van der Waals surface area contributed by atoms with Crippen molar-refractivity contribution in [2.75, 3.05) is 0 Å². The topological polar surface area (TPSA) is 91.7 Å². The normalized spacial score (nSPS) is 11.8. The number of phenolic OH excluding ortho intramolecular Hbond substituents is 1. The molecule has 1 atom stereocenters.